The molecule has 1 atom stereocenters. The molecule has 0 saturated carbocycles. The molecule has 0 radical (unpaired) electrons. The number of rotatable bonds is 6. The van der Waals surface area contributed by atoms with Crippen molar-refractivity contribution in [2.24, 2.45) is 5.41 Å². The van der Waals surface area contributed by atoms with E-state index in [2.05, 4.69) is 40.6 Å². The predicted octanol–water partition coefficient (Wildman–Crippen LogP) is 3.38. The third kappa shape index (κ3) is 4.42. The molecule has 3 heterocycles. The number of aromatic nitrogens is 1. The van der Waals surface area contributed by atoms with Crippen molar-refractivity contribution in [1.29, 1.82) is 0 Å². The molecule has 5 nitrogen and oxygen atoms in total. The summed E-state index contributed by atoms with van der Waals surface area (Å²) < 4.78 is 11.2. The van der Waals surface area contributed by atoms with Crippen molar-refractivity contribution in [2.45, 2.75) is 38.2 Å². The Labute approximate surface area is 166 Å². The van der Waals surface area contributed by atoms with Gasteiger partial charge in [-0.3, -0.25) is 9.78 Å². The van der Waals surface area contributed by atoms with Crippen LogP contribution in [-0.4, -0.2) is 43.4 Å². The molecule has 0 bridgehead atoms. The van der Waals surface area contributed by atoms with E-state index >= 15 is 0 Å². The van der Waals surface area contributed by atoms with Gasteiger partial charge in [0.25, 0.3) is 0 Å². The summed E-state index contributed by atoms with van der Waals surface area (Å²) in [5.41, 5.74) is 3.03. The van der Waals surface area contributed by atoms with Gasteiger partial charge in [0.15, 0.2) is 0 Å². The number of nitrogens with one attached hydrogen (secondary N) is 1. The third-order valence-corrected chi connectivity index (χ3v) is 5.94. The van der Waals surface area contributed by atoms with Crippen LogP contribution in [0, 0.1) is 5.41 Å². The highest BCUT2D eigenvalue weighted by Gasteiger charge is 2.40. The van der Waals surface area contributed by atoms with Crippen molar-refractivity contribution in [3.05, 3.63) is 54.4 Å². The summed E-state index contributed by atoms with van der Waals surface area (Å²) in [4.78, 5) is 17.3. The Kier molecular flexibility index (Phi) is 6.03. The Bertz CT molecular complexity index is 764. The van der Waals surface area contributed by atoms with E-state index in [1.165, 1.54) is 5.56 Å². The highest BCUT2D eigenvalue weighted by Crippen LogP contribution is 2.35. The number of nitrogens with zero attached hydrogens (tertiary/aromatic N) is 1. The second-order valence-corrected chi connectivity index (χ2v) is 7.85. The molecule has 1 N–H and O–H groups in total. The van der Waals surface area contributed by atoms with Crippen LogP contribution < -0.4 is 5.32 Å². The summed E-state index contributed by atoms with van der Waals surface area (Å²) in [6, 6.07) is 12.5. The van der Waals surface area contributed by atoms with Gasteiger partial charge >= 0.3 is 0 Å². The summed E-state index contributed by atoms with van der Waals surface area (Å²) in [5.74, 6) is 0.141. The van der Waals surface area contributed by atoms with Crippen LogP contribution in [-0.2, 0) is 20.7 Å². The first-order chi connectivity index (χ1) is 13.8. The summed E-state index contributed by atoms with van der Waals surface area (Å²) in [6.45, 7) is 2.70. The minimum absolute atomic E-state index is 0.141. The van der Waals surface area contributed by atoms with E-state index in [1.807, 2.05) is 12.3 Å². The predicted molar refractivity (Wildman–Crippen MR) is 108 cm³/mol. The highest BCUT2D eigenvalue weighted by molar-refractivity contribution is 5.83. The molecule has 5 heteroatoms. The van der Waals surface area contributed by atoms with Crippen molar-refractivity contribution in [3.8, 4) is 11.1 Å². The Morgan fingerprint density at radius 2 is 1.93 bits per heavy atom. The highest BCUT2D eigenvalue weighted by atomic mass is 16.5. The number of benzene rings is 1. The van der Waals surface area contributed by atoms with E-state index in [4.69, 9.17) is 9.47 Å². The van der Waals surface area contributed by atoms with Gasteiger partial charge in [0.2, 0.25) is 5.91 Å². The zero-order valence-corrected chi connectivity index (χ0v) is 16.2. The first kappa shape index (κ1) is 19.1. The van der Waals surface area contributed by atoms with E-state index in [0.29, 0.717) is 19.8 Å². The molecular weight excluding hydrogens is 352 g/mol. The van der Waals surface area contributed by atoms with Gasteiger partial charge in [0, 0.05) is 38.8 Å². The van der Waals surface area contributed by atoms with Crippen LogP contribution in [0.25, 0.3) is 11.1 Å². The van der Waals surface area contributed by atoms with Gasteiger partial charge in [-0.25, -0.2) is 0 Å². The van der Waals surface area contributed by atoms with Crippen LogP contribution in [0.15, 0.2) is 48.8 Å². The van der Waals surface area contributed by atoms with E-state index in [1.54, 1.807) is 6.20 Å². The number of pyridine rings is 1. The van der Waals surface area contributed by atoms with E-state index in [9.17, 15) is 4.79 Å². The quantitative estimate of drug-likeness (QED) is 0.835. The fraction of sp³-hybridized carbons (Fsp3) is 0.478. The van der Waals surface area contributed by atoms with Gasteiger partial charge in [-0.2, -0.15) is 0 Å². The Balaban J connectivity index is 1.45. The van der Waals surface area contributed by atoms with Crippen LogP contribution in [0.3, 0.4) is 0 Å². The van der Waals surface area contributed by atoms with E-state index in [0.717, 1.165) is 49.8 Å². The molecule has 2 aromatic rings. The minimum Gasteiger partial charge on any atom is -0.381 e. The average Bonchev–Trinajstić information content (AvgIpc) is 3.27. The van der Waals surface area contributed by atoms with Gasteiger partial charge in [-0.05, 0) is 54.9 Å². The molecule has 2 fully saturated rings. The largest absolute Gasteiger partial charge is 0.381 e. The smallest absolute Gasteiger partial charge is 0.226 e. The maximum Gasteiger partial charge on any atom is 0.226 e. The zero-order chi connectivity index (χ0) is 19.2. The van der Waals surface area contributed by atoms with Crippen LogP contribution in [0.4, 0.5) is 0 Å². The maximum atomic E-state index is 13.1. The lowest BCUT2D eigenvalue weighted by atomic mass is 9.74. The van der Waals surface area contributed by atoms with Gasteiger partial charge in [-0.1, -0.05) is 30.3 Å². The molecule has 28 heavy (non-hydrogen) atoms. The molecule has 1 aromatic heterocycles. The molecule has 2 aliphatic heterocycles. The normalized spacial score (nSPS) is 21.4. The number of hydrogen-bond donors (Lipinski definition) is 1. The van der Waals surface area contributed by atoms with Crippen LogP contribution >= 0.6 is 0 Å². The Morgan fingerprint density at radius 3 is 2.61 bits per heavy atom. The molecule has 0 aliphatic carbocycles. The molecule has 148 valence electrons. The maximum absolute atomic E-state index is 13.1. The lowest BCUT2D eigenvalue weighted by Crippen LogP contribution is -2.47. The summed E-state index contributed by atoms with van der Waals surface area (Å²) >= 11 is 0. The molecule has 2 aliphatic rings. The second-order valence-electron chi connectivity index (χ2n) is 7.85. The zero-order valence-electron chi connectivity index (χ0n) is 16.2. The summed E-state index contributed by atoms with van der Waals surface area (Å²) in [6.07, 6.45) is 8.19. The topological polar surface area (TPSA) is 60.5 Å². The molecule has 1 aromatic carbocycles. The fourth-order valence-electron chi connectivity index (χ4n) is 4.18. The van der Waals surface area contributed by atoms with E-state index in [-0.39, 0.29) is 12.0 Å². The van der Waals surface area contributed by atoms with Crippen LogP contribution in [0.5, 0.6) is 0 Å². The van der Waals surface area contributed by atoms with Crippen molar-refractivity contribution < 1.29 is 14.3 Å². The number of ether oxygens (including phenoxy) is 2. The number of amides is 1. The minimum atomic E-state index is -0.396. The summed E-state index contributed by atoms with van der Waals surface area (Å²) in [7, 11) is 0. The fourth-order valence-corrected chi connectivity index (χ4v) is 4.18. The van der Waals surface area contributed by atoms with Crippen LogP contribution in [0.1, 0.15) is 31.2 Å². The lowest BCUT2D eigenvalue weighted by Gasteiger charge is -2.36. The first-order valence-corrected chi connectivity index (χ1v) is 10.2. The molecular formula is C23H28N2O3. The first-order valence-electron chi connectivity index (χ1n) is 10.2. The van der Waals surface area contributed by atoms with Gasteiger partial charge in [0.05, 0.1) is 11.5 Å². The average molecular weight is 380 g/mol. The van der Waals surface area contributed by atoms with Gasteiger partial charge in [-0.15, -0.1) is 0 Å². The number of hydrogen-bond acceptors (Lipinski definition) is 4. The molecule has 2 saturated heterocycles. The van der Waals surface area contributed by atoms with Crippen molar-refractivity contribution in [3.63, 3.8) is 0 Å². The summed E-state index contributed by atoms with van der Waals surface area (Å²) in [5, 5.41) is 3.16. The number of carbonyl (C=O) groups is 1. The SMILES string of the molecule is O=C(NC[C@H]1CCCO1)C1(Cc2ccc(-c3cccnc3)cc2)CCOCC1. The van der Waals surface area contributed by atoms with Crippen molar-refractivity contribution in [1.82, 2.24) is 10.3 Å². The van der Waals surface area contributed by atoms with Crippen molar-refractivity contribution in [2.75, 3.05) is 26.4 Å². The van der Waals surface area contributed by atoms with Gasteiger partial charge in [0.1, 0.15) is 0 Å². The Morgan fingerprint density at radius 1 is 1.11 bits per heavy atom. The lowest BCUT2D eigenvalue weighted by molar-refractivity contribution is -0.137. The molecule has 0 unspecified atom stereocenters. The van der Waals surface area contributed by atoms with Crippen LogP contribution in [0.2, 0.25) is 0 Å². The standard InChI is InChI=1S/C23H28N2O3/c26-22(25-17-21-4-2-12-28-21)23(9-13-27-14-10-23)15-18-5-7-19(8-6-18)20-3-1-11-24-16-20/h1,3,5-8,11,16,21H,2,4,9-10,12-15,17H2,(H,25,26)/t21-/m1/s1. The van der Waals surface area contributed by atoms with Crippen molar-refractivity contribution >= 4 is 5.91 Å². The third-order valence-electron chi connectivity index (χ3n) is 5.94. The Hall–Kier alpha value is -2.24. The molecule has 0 spiro atoms. The van der Waals surface area contributed by atoms with Gasteiger partial charge < -0.3 is 14.8 Å². The molecule has 4 rings (SSSR count). The molecule has 1 amide bonds. The van der Waals surface area contributed by atoms with E-state index < -0.39 is 5.41 Å². The second kappa shape index (κ2) is 8.84. The number of carbonyl (C=O) groups excluding carboxylic acids is 1. The monoisotopic (exact) mass is 380 g/mol.